The molecule has 0 aliphatic carbocycles. The second-order valence-corrected chi connectivity index (χ2v) is 13.9. The molecular formula is C37H32N6O7S2. The number of nitrogen functional groups attached to an aromatic ring is 1. The number of aromatic nitrogens is 1. The maximum atomic E-state index is 14.1. The van der Waals surface area contributed by atoms with Crippen molar-refractivity contribution < 1.29 is 34.0 Å². The molecule has 264 valence electrons. The van der Waals surface area contributed by atoms with Gasteiger partial charge in [0.25, 0.3) is 17.7 Å². The number of hydrogen-bond donors (Lipinski definition) is 3. The fourth-order valence-corrected chi connectivity index (χ4v) is 8.32. The fraction of sp³-hybridized carbons (Fsp3) is 0.189. The summed E-state index contributed by atoms with van der Waals surface area (Å²) in [5, 5.41) is 19.6. The molecular weight excluding hydrogens is 705 g/mol. The van der Waals surface area contributed by atoms with Gasteiger partial charge in [0.05, 0.1) is 13.7 Å². The molecule has 15 heteroatoms. The molecule has 0 saturated carbocycles. The van der Waals surface area contributed by atoms with Gasteiger partial charge in [-0.3, -0.25) is 24.1 Å². The molecule has 3 aliphatic heterocycles. The Bertz CT molecular complexity index is 2020. The molecule has 3 aromatic carbocycles. The zero-order valence-corrected chi connectivity index (χ0v) is 29.3. The van der Waals surface area contributed by atoms with Crippen LogP contribution in [0, 0.1) is 0 Å². The van der Waals surface area contributed by atoms with Gasteiger partial charge in [0.15, 0.2) is 10.8 Å². The molecule has 1 aromatic heterocycles. The van der Waals surface area contributed by atoms with Gasteiger partial charge in [-0.05, 0) is 18.1 Å². The van der Waals surface area contributed by atoms with Crippen LogP contribution in [0.15, 0.2) is 124 Å². The third-order valence-corrected chi connectivity index (χ3v) is 10.9. The zero-order valence-electron chi connectivity index (χ0n) is 27.7. The number of carboxylic acid groups (broad SMARTS) is 1. The number of benzene rings is 3. The molecule has 3 aliphatic rings. The van der Waals surface area contributed by atoms with Crippen LogP contribution in [0.25, 0.3) is 0 Å². The Hall–Kier alpha value is -5.77. The minimum atomic E-state index is -1.32. The summed E-state index contributed by atoms with van der Waals surface area (Å²) in [6.45, 7) is 0.338. The largest absolute Gasteiger partial charge is 0.477 e. The lowest BCUT2D eigenvalue weighted by Crippen LogP contribution is -2.71. The quantitative estimate of drug-likeness (QED) is 0.0673. The van der Waals surface area contributed by atoms with Gasteiger partial charge in [0, 0.05) is 33.4 Å². The lowest BCUT2D eigenvalue weighted by molar-refractivity contribution is -0.164. The van der Waals surface area contributed by atoms with Crippen molar-refractivity contribution in [3.05, 3.63) is 142 Å². The number of fused-ring (bicyclic) bond motifs is 1. The summed E-state index contributed by atoms with van der Waals surface area (Å²) in [4.78, 5) is 69.9. The molecule has 3 amide bonds. The van der Waals surface area contributed by atoms with Crippen molar-refractivity contribution in [1.29, 1.82) is 0 Å². The monoisotopic (exact) mass is 736 g/mol. The average molecular weight is 737 g/mol. The molecule has 4 N–H and O–H groups in total. The maximum Gasteiger partial charge on any atom is 0.352 e. The molecule has 0 bridgehead atoms. The number of amides is 3. The number of nitrogens with two attached hydrogens (primary N) is 1. The Labute approximate surface area is 306 Å². The number of thiazole rings is 1. The molecule has 2 atom stereocenters. The molecule has 7 rings (SSSR count). The number of nitrogens with one attached hydrogen (secondary N) is 1. The third-order valence-electron chi connectivity index (χ3n) is 8.94. The summed E-state index contributed by atoms with van der Waals surface area (Å²) in [7, 11) is 1.38. The molecule has 0 radical (unpaired) electrons. The molecule has 2 saturated heterocycles. The van der Waals surface area contributed by atoms with Crippen LogP contribution < -0.4 is 11.1 Å². The third kappa shape index (κ3) is 6.23. The number of carbonyl (C=O) groups is 4. The lowest BCUT2D eigenvalue weighted by atomic mass is 9.80. The first-order valence-electron chi connectivity index (χ1n) is 16.2. The second kappa shape index (κ2) is 14.5. The van der Waals surface area contributed by atoms with Crippen molar-refractivity contribution in [2.45, 2.75) is 23.4 Å². The van der Waals surface area contributed by atoms with E-state index in [-0.39, 0.29) is 33.9 Å². The number of carboxylic acids is 1. The highest BCUT2D eigenvalue weighted by Gasteiger charge is 2.54. The highest BCUT2D eigenvalue weighted by Crippen LogP contribution is 2.43. The van der Waals surface area contributed by atoms with Crippen molar-refractivity contribution in [3.63, 3.8) is 0 Å². The minimum Gasteiger partial charge on any atom is -0.477 e. The maximum absolute atomic E-state index is 14.1. The van der Waals surface area contributed by atoms with Gasteiger partial charge >= 0.3 is 5.97 Å². The van der Waals surface area contributed by atoms with Crippen LogP contribution in [-0.2, 0) is 34.5 Å². The molecule has 0 spiro atoms. The minimum absolute atomic E-state index is 0.134. The van der Waals surface area contributed by atoms with Gasteiger partial charge in [-0.1, -0.05) is 96.2 Å². The topological polar surface area (TPSA) is 177 Å². The number of anilines is 1. The Morgan fingerprint density at radius 2 is 1.60 bits per heavy atom. The average Bonchev–Trinajstić information content (AvgIpc) is 3.76. The number of hydrogen-bond acceptors (Lipinski definition) is 11. The van der Waals surface area contributed by atoms with E-state index in [9.17, 15) is 24.3 Å². The van der Waals surface area contributed by atoms with Gasteiger partial charge in [0.2, 0.25) is 5.60 Å². The fourth-order valence-electron chi connectivity index (χ4n) is 6.46. The van der Waals surface area contributed by atoms with E-state index in [0.717, 1.165) is 32.9 Å². The number of β-lactam (4-membered cyclic amide) rings is 1. The molecule has 4 heterocycles. The Morgan fingerprint density at radius 1 is 1.00 bits per heavy atom. The predicted molar refractivity (Wildman–Crippen MR) is 194 cm³/mol. The van der Waals surface area contributed by atoms with E-state index in [2.05, 4.69) is 15.5 Å². The van der Waals surface area contributed by atoms with Gasteiger partial charge < -0.3 is 21.0 Å². The number of carbonyl (C=O) groups excluding carboxylic acids is 3. The molecule has 0 unspecified atom stereocenters. The van der Waals surface area contributed by atoms with Crippen molar-refractivity contribution in [2.24, 2.45) is 5.16 Å². The number of rotatable bonds is 11. The van der Waals surface area contributed by atoms with Crippen LogP contribution in [-0.4, -0.2) is 80.3 Å². The summed E-state index contributed by atoms with van der Waals surface area (Å²) in [6, 6.07) is 27.3. The summed E-state index contributed by atoms with van der Waals surface area (Å²) in [5.41, 5.74) is 7.26. The van der Waals surface area contributed by atoms with Crippen LogP contribution in [0.3, 0.4) is 0 Å². The highest BCUT2D eigenvalue weighted by molar-refractivity contribution is 8.00. The summed E-state index contributed by atoms with van der Waals surface area (Å²) < 4.78 is 0. The van der Waals surface area contributed by atoms with E-state index in [0.29, 0.717) is 24.1 Å². The van der Waals surface area contributed by atoms with Crippen LogP contribution >= 0.6 is 23.1 Å². The van der Waals surface area contributed by atoms with Crippen LogP contribution in [0.4, 0.5) is 5.13 Å². The number of allylic oxidation sites excluding steroid dienone is 1. The van der Waals surface area contributed by atoms with Gasteiger partial charge in [0.1, 0.15) is 22.8 Å². The smallest absolute Gasteiger partial charge is 0.352 e. The second-order valence-electron chi connectivity index (χ2n) is 11.9. The summed E-state index contributed by atoms with van der Waals surface area (Å²) >= 11 is 2.38. The number of thioether (sulfide) groups is 1. The summed E-state index contributed by atoms with van der Waals surface area (Å²) in [5.74, 6) is -2.89. The lowest BCUT2D eigenvalue weighted by Gasteiger charge is -2.49. The number of oxime groups is 1. The first kappa shape index (κ1) is 34.7. The first-order chi connectivity index (χ1) is 25.2. The first-order valence-corrected chi connectivity index (χ1v) is 18.1. The van der Waals surface area contributed by atoms with Crippen molar-refractivity contribution in [3.8, 4) is 0 Å². The predicted octanol–water partition coefficient (Wildman–Crippen LogP) is 3.90. The molecule has 13 nitrogen and oxygen atoms in total. The Balaban J connectivity index is 1.22. The SMILES string of the molecule is CON1CCC(=CC2=C(C(=O)O)N3C(=O)[C@@H](NC(=O)C(=NOC(c4ccccc4)(c4ccccc4)c4ccccc4)c4csc(N)n4)[C@H]3SC2)C1=O. The Morgan fingerprint density at radius 3 is 2.10 bits per heavy atom. The van der Waals surface area contributed by atoms with E-state index in [1.165, 1.54) is 30.0 Å². The van der Waals surface area contributed by atoms with E-state index in [1.807, 2.05) is 91.0 Å². The number of hydroxylamine groups is 2. The molecule has 4 aromatic rings. The van der Waals surface area contributed by atoms with Crippen LogP contribution in [0.2, 0.25) is 0 Å². The van der Waals surface area contributed by atoms with E-state index >= 15 is 0 Å². The van der Waals surface area contributed by atoms with Crippen LogP contribution in [0.1, 0.15) is 28.8 Å². The van der Waals surface area contributed by atoms with Gasteiger partial charge in [-0.2, -0.15) is 0 Å². The van der Waals surface area contributed by atoms with Gasteiger partial charge in [-0.15, -0.1) is 23.1 Å². The summed E-state index contributed by atoms with van der Waals surface area (Å²) in [6.07, 6.45) is 1.88. The highest BCUT2D eigenvalue weighted by atomic mass is 32.2. The van der Waals surface area contributed by atoms with E-state index < -0.39 is 34.8 Å². The normalized spacial score (nSPS) is 19.8. The number of nitrogens with zero attached hydrogens (tertiary/aromatic N) is 4. The molecule has 2 fully saturated rings. The van der Waals surface area contributed by atoms with E-state index in [4.69, 9.17) is 15.4 Å². The van der Waals surface area contributed by atoms with Crippen LogP contribution in [0.5, 0.6) is 0 Å². The zero-order chi connectivity index (χ0) is 36.4. The van der Waals surface area contributed by atoms with Crippen molar-refractivity contribution in [1.82, 2.24) is 20.3 Å². The van der Waals surface area contributed by atoms with E-state index in [1.54, 1.807) is 5.38 Å². The van der Waals surface area contributed by atoms with Gasteiger partial charge in [-0.25, -0.2) is 14.8 Å². The standard InChI is InChI=1S/C37H32N6O7S2/c1-49-42-18-17-22(32(42)45)19-23-20-51-34-29(33(46)43(34)30(23)35(47)48)40-31(44)28(27-21-52-36(38)39-27)41-50-37(24-11-5-2-6-12-24,25-13-7-3-8-14-25)26-15-9-4-10-16-26/h2-16,19,21,29,34H,17-18,20H2,1H3,(H2,38,39)(H,40,44)(H,47,48)/t29-,34-/m1/s1. The number of aliphatic carboxylic acids is 1. The Kier molecular flexibility index (Phi) is 9.64. The molecule has 52 heavy (non-hydrogen) atoms. The van der Waals surface area contributed by atoms with Crippen molar-refractivity contribution in [2.75, 3.05) is 25.1 Å². The van der Waals surface area contributed by atoms with Crippen molar-refractivity contribution >= 4 is 57.6 Å².